The average Bonchev–Trinajstić information content (AvgIpc) is 2.80. The van der Waals surface area contributed by atoms with Crippen LogP contribution in [0, 0.1) is 20.2 Å². The van der Waals surface area contributed by atoms with Gasteiger partial charge in [0.25, 0.3) is 11.6 Å². The molecule has 1 amide bonds. The van der Waals surface area contributed by atoms with E-state index in [2.05, 4.69) is 10.5 Å². The number of nitro groups is 2. The Morgan fingerprint density at radius 3 is 2.39 bits per heavy atom. The first-order chi connectivity index (χ1) is 15.8. The zero-order chi connectivity index (χ0) is 24.0. The van der Waals surface area contributed by atoms with Gasteiger partial charge in [-0.3, -0.25) is 25.0 Å². The van der Waals surface area contributed by atoms with E-state index in [0.717, 1.165) is 18.2 Å². The molecule has 0 fully saturated rings. The average molecular weight is 471 g/mol. The Kier molecular flexibility index (Phi) is 7.16. The number of carbonyl (C=O) groups excluding carboxylic acids is 1. The van der Waals surface area contributed by atoms with Crippen molar-refractivity contribution in [2.45, 2.75) is 0 Å². The molecule has 0 aliphatic carbocycles. The highest BCUT2D eigenvalue weighted by Crippen LogP contribution is 2.38. The number of hydrazone groups is 1. The molecule has 0 aliphatic heterocycles. The Balaban J connectivity index is 1.78. The minimum atomic E-state index is -0.780. The molecule has 0 saturated heterocycles. The fourth-order valence-corrected chi connectivity index (χ4v) is 2.91. The number of nitro benzene ring substituents is 2. The van der Waals surface area contributed by atoms with Gasteiger partial charge in [0, 0.05) is 6.07 Å². The summed E-state index contributed by atoms with van der Waals surface area (Å²) in [6, 6.07) is 14.1. The second kappa shape index (κ2) is 10.2. The van der Waals surface area contributed by atoms with Gasteiger partial charge in [0.2, 0.25) is 5.75 Å². The lowest BCUT2D eigenvalue weighted by atomic mass is 10.2. The molecule has 0 spiro atoms. The van der Waals surface area contributed by atoms with E-state index in [0.29, 0.717) is 5.56 Å². The van der Waals surface area contributed by atoms with Crippen molar-refractivity contribution >= 4 is 35.1 Å². The minimum Gasteiger partial charge on any atom is -0.493 e. The smallest absolute Gasteiger partial charge is 0.318 e. The summed E-state index contributed by atoms with van der Waals surface area (Å²) >= 11 is 5.97. The van der Waals surface area contributed by atoms with Crippen molar-refractivity contribution in [3.05, 3.63) is 97.0 Å². The highest BCUT2D eigenvalue weighted by molar-refractivity contribution is 6.33. The fourth-order valence-electron chi connectivity index (χ4n) is 2.69. The molecule has 11 nitrogen and oxygen atoms in total. The number of methoxy groups -OCH3 is 1. The van der Waals surface area contributed by atoms with Crippen molar-refractivity contribution in [1.82, 2.24) is 5.43 Å². The number of rotatable bonds is 8. The Labute approximate surface area is 191 Å². The lowest BCUT2D eigenvalue weighted by molar-refractivity contribution is -0.394. The van der Waals surface area contributed by atoms with Crippen LogP contribution in [0.15, 0.2) is 65.8 Å². The standard InChI is InChI=1S/C21H15ClN4O7/c1-32-20-10-13(12-23-24-21(27)15-4-2-3-5-16(15)22)6-8-19(20)33-18-9-7-14(25(28)29)11-17(18)26(30)31/h2-12H,1H3,(H,24,27)/b23-12+. The number of benzene rings is 3. The summed E-state index contributed by atoms with van der Waals surface area (Å²) in [5.74, 6) is -0.345. The first-order valence-corrected chi connectivity index (χ1v) is 9.54. The Bertz CT molecular complexity index is 1260. The minimum absolute atomic E-state index is 0.131. The molecule has 3 aromatic carbocycles. The Morgan fingerprint density at radius 1 is 1.00 bits per heavy atom. The maximum absolute atomic E-state index is 12.1. The van der Waals surface area contributed by atoms with Crippen LogP contribution in [0.1, 0.15) is 15.9 Å². The largest absolute Gasteiger partial charge is 0.493 e. The van der Waals surface area contributed by atoms with E-state index in [1.807, 2.05) is 0 Å². The van der Waals surface area contributed by atoms with Crippen LogP contribution in [0.3, 0.4) is 0 Å². The molecule has 0 atom stereocenters. The van der Waals surface area contributed by atoms with E-state index in [-0.39, 0.29) is 27.8 Å². The number of carbonyl (C=O) groups is 1. The summed E-state index contributed by atoms with van der Waals surface area (Å²) in [6.07, 6.45) is 1.36. The van der Waals surface area contributed by atoms with Crippen LogP contribution in [0.2, 0.25) is 5.02 Å². The zero-order valence-electron chi connectivity index (χ0n) is 16.9. The van der Waals surface area contributed by atoms with Gasteiger partial charge >= 0.3 is 5.69 Å². The second-order valence-electron chi connectivity index (χ2n) is 6.36. The van der Waals surface area contributed by atoms with Gasteiger partial charge in [-0.05, 0) is 42.0 Å². The quantitative estimate of drug-likeness (QED) is 0.284. The van der Waals surface area contributed by atoms with E-state index < -0.39 is 27.1 Å². The first kappa shape index (κ1) is 23.2. The molecule has 0 aromatic heterocycles. The van der Waals surface area contributed by atoms with E-state index >= 15 is 0 Å². The van der Waals surface area contributed by atoms with Crippen molar-refractivity contribution in [2.75, 3.05) is 7.11 Å². The monoisotopic (exact) mass is 470 g/mol. The van der Waals surface area contributed by atoms with Crippen LogP contribution in [0.4, 0.5) is 11.4 Å². The number of hydrogen-bond acceptors (Lipinski definition) is 8. The SMILES string of the molecule is COc1cc(/C=N/NC(=O)c2ccccc2Cl)ccc1Oc1ccc([N+](=O)[O-])cc1[N+](=O)[O-]. The molecule has 0 unspecified atom stereocenters. The van der Waals surface area contributed by atoms with E-state index in [9.17, 15) is 25.0 Å². The maximum atomic E-state index is 12.1. The number of ether oxygens (including phenoxy) is 2. The molecular formula is C21H15ClN4O7. The Hall–Kier alpha value is -4.51. The fraction of sp³-hybridized carbons (Fsp3) is 0.0476. The molecule has 0 aliphatic rings. The topological polar surface area (TPSA) is 146 Å². The van der Waals surface area contributed by atoms with Gasteiger partial charge in [0.05, 0.1) is 39.8 Å². The lowest BCUT2D eigenvalue weighted by Gasteiger charge is -2.11. The third-order valence-electron chi connectivity index (χ3n) is 4.26. The lowest BCUT2D eigenvalue weighted by Crippen LogP contribution is -2.17. The first-order valence-electron chi connectivity index (χ1n) is 9.17. The van der Waals surface area contributed by atoms with Gasteiger partial charge < -0.3 is 9.47 Å². The molecule has 0 heterocycles. The van der Waals surface area contributed by atoms with Crippen LogP contribution < -0.4 is 14.9 Å². The number of nitrogens with zero attached hydrogens (tertiary/aromatic N) is 3. The van der Waals surface area contributed by atoms with E-state index in [4.69, 9.17) is 21.1 Å². The maximum Gasteiger partial charge on any atom is 0.318 e. The van der Waals surface area contributed by atoms with Gasteiger partial charge in [-0.15, -0.1) is 0 Å². The summed E-state index contributed by atoms with van der Waals surface area (Å²) in [6.45, 7) is 0. The predicted molar refractivity (Wildman–Crippen MR) is 119 cm³/mol. The van der Waals surface area contributed by atoms with Crippen molar-refractivity contribution in [1.29, 1.82) is 0 Å². The third-order valence-corrected chi connectivity index (χ3v) is 4.59. The molecule has 0 radical (unpaired) electrons. The normalized spacial score (nSPS) is 10.6. The molecule has 1 N–H and O–H groups in total. The molecule has 3 aromatic rings. The van der Waals surface area contributed by atoms with Crippen molar-refractivity contribution < 1.29 is 24.1 Å². The van der Waals surface area contributed by atoms with Gasteiger partial charge in [-0.25, -0.2) is 5.43 Å². The van der Waals surface area contributed by atoms with Crippen LogP contribution in [0.25, 0.3) is 0 Å². The molecule has 0 saturated carbocycles. The summed E-state index contributed by atoms with van der Waals surface area (Å²) in [5.41, 5.74) is 2.14. The number of halogens is 1. The van der Waals surface area contributed by atoms with Crippen LogP contribution in [0.5, 0.6) is 17.2 Å². The van der Waals surface area contributed by atoms with Crippen molar-refractivity contribution in [2.24, 2.45) is 5.10 Å². The van der Waals surface area contributed by atoms with E-state index in [1.54, 1.807) is 30.3 Å². The number of non-ortho nitro benzene ring substituents is 1. The van der Waals surface area contributed by atoms with Crippen LogP contribution >= 0.6 is 11.6 Å². The van der Waals surface area contributed by atoms with Gasteiger partial charge in [0.15, 0.2) is 11.5 Å². The molecule has 12 heteroatoms. The number of amides is 1. The Morgan fingerprint density at radius 2 is 1.73 bits per heavy atom. The molecule has 0 bridgehead atoms. The summed E-state index contributed by atoms with van der Waals surface area (Å²) in [5, 5.41) is 26.4. The van der Waals surface area contributed by atoms with Crippen molar-refractivity contribution in [3.8, 4) is 17.2 Å². The molecular weight excluding hydrogens is 456 g/mol. The zero-order valence-corrected chi connectivity index (χ0v) is 17.7. The van der Waals surface area contributed by atoms with Crippen molar-refractivity contribution in [3.63, 3.8) is 0 Å². The molecule has 3 rings (SSSR count). The van der Waals surface area contributed by atoms with Gasteiger partial charge in [-0.2, -0.15) is 5.10 Å². The highest BCUT2D eigenvalue weighted by Gasteiger charge is 2.22. The van der Waals surface area contributed by atoms with Gasteiger partial charge in [0.1, 0.15) is 0 Å². The highest BCUT2D eigenvalue weighted by atomic mass is 35.5. The third kappa shape index (κ3) is 5.60. The van der Waals surface area contributed by atoms with E-state index in [1.165, 1.54) is 25.5 Å². The summed E-state index contributed by atoms with van der Waals surface area (Å²) < 4.78 is 10.8. The number of hydrogen-bond donors (Lipinski definition) is 1. The summed E-state index contributed by atoms with van der Waals surface area (Å²) in [4.78, 5) is 32.8. The summed E-state index contributed by atoms with van der Waals surface area (Å²) in [7, 11) is 1.37. The molecule has 168 valence electrons. The molecule has 33 heavy (non-hydrogen) atoms. The number of nitrogens with one attached hydrogen (secondary N) is 1. The predicted octanol–water partition coefficient (Wildman–Crippen LogP) is 4.72. The second-order valence-corrected chi connectivity index (χ2v) is 6.76. The van der Waals surface area contributed by atoms with Crippen LogP contribution in [-0.4, -0.2) is 29.1 Å². The van der Waals surface area contributed by atoms with Crippen LogP contribution in [-0.2, 0) is 0 Å². The van der Waals surface area contributed by atoms with Gasteiger partial charge in [-0.1, -0.05) is 23.7 Å².